The van der Waals surface area contributed by atoms with Crippen molar-refractivity contribution in [2.75, 3.05) is 0 Å². The molecular weight excluding hydrogens is 192 g/mol. The maximum atomic E-state index is 4.05. The molecular formula is C16H22. The molecule has 1 aromatic rings. The summed E-state index contributed by atoms with van der Waals surface area (Å²) < 4.78 is 0. The van der Waals surface area contributed by atoms with E-state index in [2.05, 4.69) is 51.6 Å². The third kappa shape index (κ3) is 2.21. The van der Waals surface area contributed by atoms with E-state index in [1.807, 2.05) is 0 Å². The molecule has 0 aliphatic heterocycles. The van der Waals surface area contributed by atoms with Crippen molar-refractivity contribution in [1.82, 2.24) is 0 Å². The second-order valence-electron chi connectivity index (χ2n) is 5.51. The number of benzene rings is 1. The van der Waals surface area contributed by atoms with Crippen molar-refractivity contribution in [3.05, 3.63) is 47.5 Å². The van der Waals surface area contributed by atoms with Crippen molar-refractivity contribution in [1.29, 1.82) is 0 Å². The highest BCUT2D eigenvalue weighted by atomic mass is 14.3. The zero-order valence-corrected chi connectivity index (χ0v) is 10.7. The molecule has 86 valence electrons. The number of hydrogen-bond donors (Lipinski definition) is 0. The highest BCUT2D eigenvalue weighted by molar-refractivity contribution is 5.33. The van der Waals surface area contributed by atoms with Gasteiger partial charge in [0.2, 0.25) is 0 Å². The van der Waals surface area contributed by atoms with E-state index < -0.39 is 0 Å². The molecule has 0 spiro atoms. The summed E-state index contributed by atoms with van der Waals surface area (Å²) in [6.45, 7) is 10.8. The maximum Gasteiger partial charge on any atom is 0.00144 e. The molecule has 0 heteroatoms. The summed E-state index contributed by atoms with van der Waals surface area (Å²) in [6.07, 6.45) is 2.73. The number of hydrogen-bond acceptors (Lipinski definition) is 0. The molecule has 0 radical (unpaired) electrons. The van der Waals surface area contributed by atoms with Gasteiger partial charge in [-0.3, -0.25) is 0 Å². The van der Waals surface area contributed by atoms with Crippen LogP contribution in [0.15, 0.2) is 36.4 Å². The average molecular weight is 214 g/mol. The summed E-state index contributed by atoms with van der Waals surface area (Å²) in [5.41, 5.74) is 4.20. The molecule has 0 bridgehead atoms. The van der Waals surface area contributed by atoms with Crippen LogP contribution in [-0.2, 0) is 0 Å². The van der Waals surface area contributed by atoms with E-state index in [1.54, 1.807) is 0 Å². The molecule has 1 saturated carbocycles. The highest BCUT2D eigenvalue weighted by Gasteiger charge is 2.26. The molecule has 0 amide bonds. The first-order valence-corrected chi connectivity index (χ1v) is 6.33. The Balaban J connectivity index is 2.16. The van der Waals surface area contributed by atoms with E-state index in [0.29, 0.717) is 5.92 Å². The predicted molar refractivity (Wildman–Crippen MR) is 70.8 cm³/mol. The summed E-state index contributed by atoms with van der Waals surface area (Å²) in [4.78, 5) is 0. The summed E-state index contributed by atoms with van der Waals surface area (Å²) >= 11 is 0. The third-order valence-corrected chi connectivity index (χ3v) is 4.00. The minimum Gasteiger partial charge on any atom is -0.0995 e. The summed E-state index contributed by atoms with van der Waals surface area (Å²) in [6, 6.07) is 9.10. The van der Waals surface area contributed by atoms with E-state index in [-0.39, 0.29) is 0 Å². The first kappa shape index (κ1) is 11.4. The fourth-order valence-electron chi connectivity index (χ4n) is 2.54. The Kier molecular flexibility index (Phi) is 3.18. The monoisotopic (exact) mass is 214 g/mol. The van der Waals surface area contributed by atoms with Gasteiger partial charge in [-0.25, -0.2) is 0 Å². The van der Waals surface area contributed by atoms with Gasteiger partial charge in [0, 0.05) is 5.92 Å². The molecule has 0 aromatic heterocycles. The minimum atomic E-state index is 0.484. The molecule has 0 saturated heterocycles. The molecule has 1 aliphatic rings. The fraction of sp³-hybridized carbons (Fsp3) is 0.500. The van der Waals surface area contributed by atoms with Gasteiger partial charge in [-0.2, -0.15) is 0 Å². The lowest BCUT2D eigenvalue weighted by Crippen LogP contribution is -2.19. The van der Waals surface area contributed by atoms with Crippen LogP contribution in [0.3, 0.4) is 0 Å². The number of rotatable bonds is 3. The van der Waals surface area contributed by atoms with Crippen molar-refractivity contribution in [3.8, 4) is 0 Å². The molecule has 0 N–H and O–H groups in total. The van der Waals surface area contributed by atoms with Crippen molar-refractivity contribution in [2.45, 2.75) is 45.4 Å². The largest absolute Gasteiger partial charge is 0.0995 e. The van der Waals surface area contributed by atoms with Crippen LogP contribution in [0.2, 0.25) is 0 Å². The summed E-state index contributed by atoms with van der Waals surface area (Å²) in [5.74, 6) is 2.22. The topological polar surface area (TPSA) is 0 Å². The Morgan fingerprint density at radius 2 is 2.06 bits per heavy atom. The normalized spacial score (nSPS) is 25.9. The van der Waals surface area contributed by atoms with Gasteiger partial charge in [-0.05, 0) is 42.7 Å². The van der Waals surface area contributed by atoms with Crippen LogP contribution in [0.1, 0.15) is 56.6 Å². The lowest BCUT2D eigenvalue weighted by atomic mass is 9.72. The van der Waals surface area contributed by atoms with Gasteiger partial charge in [0.05, 0.1) is 0 Å². The van der Waals surface area contributed by atoms with Crippen LogP contribution in [0.25, 0.3) is 0 Å². The van der Waals surface area contributed by atoms with Crippen molar-refractivity contribution < 1.29 is 0 Å². The van der Waals surface area contributed by atoms with Crippen molar-refractivity contribution in [3.63, 3.8) is 0 Å². The third-order valence-electron chi connectivity index (χ3n) is 4.00. The zero-order chi connectivity index (χ0) is 11.7. The van der Waals surface area contributed by atoms with Gasteiger partial charge in [0.25, 0.3) is 0 Å². The Labute approximate surface area is 99.4 Å². The van der Waals surface area contributed by atoms with E-state index in [0.717, 1.165) is 11.8 Å². The van der Waals surface area contributed by atoms with Crippen LogP contribution >= 0.6 is 0 Å². The second-order valence-corrected chi connectivity index (χ2v) is 5.51. The van der Waals surface area contributed by atoms with Gasteiger partial charge < -0.3 is 0 Å². The second kappa shape index (κ2) is 4.45. The minimum absolute atomic E-state index is 0.484. The summed E-state index contributed by atoms with van der Waals surface area (Å²) in [7, 11) is 0. The molecule has 1 aromatic carbocycles. The molecule has 2 rings (SSSR count). The lowest BCUT2D eigenvalue weighted by Gasteiger charge is -2.33. The van der Waals surface area contributed by atoms with Gasteiger partial charge in [-0.1, -0.05) is 50.3 Å². The van der Waals surface area contributed by atoms with Crippen LogP contribution in [0.5, 0.6) is 0 Å². The summed E-state index contributed by atoms with van der Waals surface area (Å²) in [5, 5.41) is 0. The SMILES string of the molecule is C=C(C)C(C)c1cccc(C2CC(C)C2)c1. The Bertz CT molecular complexity index is 383. The van der Waals surface area contributed by atoms with Gasteiger partial charge in [0.1, 0.15) is 0 Å². The van der Waals surface area contributed by atoms with Crippen molar-refractivity contribution >= 4 is 0 Å². The van der Waals surface area contributed by atoms with Gasteiger partial charge in [0.15, 0.2) is 0 Å². The quantitative estimate of drug-likeness (QED) is 0.629. The standard InChI is InChI=1S/C16H22/c1-11(2)13(4)14-6-5-7-15(10-14)16-8-12(3)9-16/h5-7,10,12-13,16H,1,8-9H2,2-4H3. The predicted octanol–water partition coefficient (Wildman–Crippen LogP) is 4.88. The van der Waals surface area contributed by atoms with E-state index in [1.165, 1.54) is 29.5 Å². The van der Waals surface area contributed by atoms with Gasteiger partial charge >= 0.3 is 0 Å². The zero-order valence-electron chi connectivity index (χ0n) is 10.7. The molecule has 16 heavy (non-hydrogen) atoms. The maximum absolute atomic E-state index is 4.05. The van der Waals surface area contributed by atoms with E-state index in [9.17, 15) is 0 Å². The number of allylic oxidation sites excluding steroid dienone is 1. The smallest absolute Gasteiger partial charge is 0.00144 e. The average Bonchev–Trinajstić information content (AvgIpc) is 2.24. The Morgan fingerprint density at radius 3 is 2.62 bits per heavy atom. The van der Waals surface area contributed by atoms with Crippen LogP contribution < -0.4 is 0 Å². The fourth-order valence-corrected chi connectivity index (χ4v) is 2.54. The molecule has 1 atom stereocenters. The first-order valence-electron chi connectivity index (χ1n) is 6.33. The molecule has 1 aliphatic carbocycles. The Hall–Kier alpha value is -1.04. The van der Waals surface area contributed by atoms with Crippen molar-refractivity contribution in [2.24, 2.45) is 5.92 Å². The van der Waals surface area contributed by atoms with Crippen LogP contribution in [0.4, 0.5) is 0 Å². The van der Waals surface area contributed by atoms with E-state index in [4.69, 9.17) is 0 Å². The molecule has 0 nitrogen and oxygen atoms in total. The highest BCUT2D eigenvalue weighted by Crippen LogP contribution is 2.41. The molecule has 1 unspecified atom stereocenters. The van der Waals surface area contributed by atoms with Crippen LogP contribution in [0, 0.1) is 5.92 Å². The Morgan fingerprint density at radius 1 is 1.38 bits per heavy atom. The molecule has 0 heterocycles. The van der Waals surface area contributed by atoms with Crippen LogP contribution in [-0.4, -0.2) is 0 Å². The molecule has 1 fully saturated rings. The first-order chi connectivity index (χ1) is 7.58. The van der Waals surface area contributed by atoms with E-state index >= 15 is 0 Å². The lowest BCUT2D eigenvalue weighted by molar-refractivity contribution is 0.288. The van der Waals surface area contributed by atoms with Gasteiger partial charge in [-0.15, -0.1) is 0 Å².